The van der Waals surface area contributed by atoms with Crippen molar-refractivity contribution < 1.29 is 4.79 Å². The molecule has 2 atom stereocenters. The average molecular weight is 274 g/mol. The number of aromatic nitrogens is 2. The summed E-state index contributed by atoms with van der Waals surface area (Å²) in [5, 5.41) is 0. The summed E-state index contributed by atoms with van der Waals surface area (Å²) in [5.41, 5.74) is 6.67. The van der Waals surface area contributed by atoms with Gasteiger partial charge in [0.15, 0.2) is 0 Å². The topological polar surface area (TPSA) is 72.1 Å². The SMILES string of the molecule is CC(C)c1nccc(C(=O)N2C[C@H](C3CC3)[C@@H](N)C2)n1. The van der Waals surface area contributed by atoms with Crippen LogP contribution in [0.4, 0.5) is 0 Å². The van der Waals surface area contributed by atoms with Crippen molar-refractivity contribution in [3.63, 3.8) is 0 Å². The molecule has 0 unspecified atom stereocenters. The summed E-state index contributed by atoms with van der Waals surface area (Å²) in [4.78, 5) is 23.0. The van der Waals surface area contributed by atoms with Gasteiger partial charge in [-0.25, -0.2) is 9.97 Å². The summed E-state index contributed by atoms with van der Waals surface area (Å²) in [5.74, 6) is 2.15. The Morgan fingerprint density at radius 1 is 1.40 bits per heavy atom. The molecule has 1 saturated carbocycles. The van der Waals surface area contributed by atoms with E-state index >= 15 is 0 Å². The van der Waals surface area contributed by atoms with E-state index in [4.69, 9.17) is 5.73 Å². The van der Waals surface area contributed by atoms with E-state index in [0.29, 0.717) is 18.2 Å². The highest BCUT2D eigenvalue weighted by Crippen LogP contribution is 2.41. The summed E-state index contributed by atoms with van der Waals surface area (Å²) in [7, 11) is 0. The van der Waals surface area contributed by atoms with Crippen molar-refractivity contribution in [2.75, 3.05) is 13.1 Å². The molecule has 5 heteroatoms. The lowest BCUT2D eigenvalue weighted by atomic mass is 9.99. The van der Waals surface area contributed by atoms with Gasteiger partial charge in [0, 0.05) is 31.2 Å². The van der Waals surface area contributed by atoms with Crippen molar-refractivity contribution in [2.45, 2.75) is 38.6 Å². The van der Waals surface area contributed by atoms with E-state index in [2.05, 4.69) is 9.97 Å². The highest BCUT2D eigenvalue weighted by molar-refractivity contribution is 5.92. The van der Waals surface area contributed by atoms with Gasteiger partial charge in [-0.1, -0.05) is 13.8 Å². The second-order valence-electron chi connectivity index (χ2n) is 6.33. The zero-order valence-electron chi connectivity index (χ0n) is 12.1. The Labute approximate surface area is 119 Å². The van der Waals surface area contributed by atoms with Crippen molar-refractivity contribution in [1.29, 1.82) is 0 Å². The first-order chi connectivity index (χ1) is 9.56. The van der Waals surface area contributed by atoms with E-state index in [1.807, 2.05) is 18.7 Å². The molecule has 1 amide bonds. The molecule has 1 aliphatic heterocycles. The molecule has 20 heavy (non-hydrogen) atoms. The number of carbonyl (C=O) groups excluding carboxylic acids is 1. The van der Waals surface area contributed by atoms with Crippen molar-refractivity contribution in [3.8, 4) is 0 Å². The first kappa shape index (κ1) is 13.5. The number of nitrogens with zero attached hydrogens (tertiary/aromatic N) is 3. The van der Waals surface area contributed by atoms with Gasteiger partial charge in [-0.15, -0.1) is 0 Å². The van der Waals surface area contributed by atoms with Crippen LogP contribution in [0.3, 0.4) is 0 Å². The fraction of sp³-hybridized carbons (Fsp3) is 0.667. The highest BCUT2D eigenvalue weighted by atomic mass is 16.2. The average Bonchev–Trinajstić information content (AvgIpc) is 3.21. The van der Waals surface area contributed by atoms with Gasteiger partial charge in [-0.3, -0.25) is 4.79 Å². The minimum atomic E-state index is -0.00657. The molecule has 1 saturated heterocycles. The monoisotopic (exact) mass is 274 g/mol. The van der Waals surface area contributed by atoms with E-state index in [1.54, 1.807) is 12.3 Å². The standard InChI is InChI=1S/C15H22N4O/c1-9(2)14-17-6-5-13(18-14)15(20)19-7-11(10-3-4-10)12(16)8-19/h5-6,9-12H,3-4,7-8,16H2,1-2H3/t11-,12+/m1/s1. The number of hydrogen-bond acceptors (Lipinski definition) is 4. The number of rotatable bonds is 3. The summed E-state index contributed by atoms with van der Waals surface area (Å²) in [6.07, 6.45) is 4.21. The van der Waals surface area contributed by atoms with Crippen LogP contribution in [-0.2, 0) is 0 Å². The van der Waals surface area contributed by atoms with E-state index in [0.717, 1.165) is 18.3 Å². The summed E-state index contributed by atoms with van der Waals surface area (Å²) >= 11 is 0. The molecule has 2 fully saturated rings. The van der Waals surface area contributed by atoms with Gasteiger partial charge >= 0.3 is 0 Å². The molecule has 0 spiro atoms. The first-order valence-electron chi connectivity index (χ1n) is 7.44. The lowest BCUT2D eigenvalue weighted by molar-refractivity contribution is 0.0778. The van der Waals surface area contributed by atoms with Crippen LogP contribution in [0.1, 0.15) is 48.9 Å². The number of nitrogens with two attached hydrogens (primary N) is 1. The molecule has 0 aromatic carbocycles. The summed E-state index contributed by atoms with van der Waals surface area (Å²) in [6, 6.07) is 1.82. The maximum absolute atomic E-state index is 12.5. The Morgan fingerprint density at radius 2 is 2.15 bits per heavy atom. The number of likely N-dealkylation sites (tertiary alicyclic amines) is 1. The van der Waals surface area contributed by atoms with Gasteiger partial charge in [-0.2, -0.15) is 0 Å². The quantitative estimate of drug-likeness (QED) is 0.904. The van der Waals surface area contributed by atoms with Gasteiger partial charge in [0.2, 0.25) is 0 Å². The van der Waals surface area contributed by atoms with Crippen molar-refractivity contribution in [1.82, 2.24) is 14.9 Å². The predicted octanol–water partition coefficient (Wildman–Crippen LogP) is 1.41. The number of hydrogen-bond donors (Lipinski definition) is 1. The Hall–Kier alpha value is -1.49. The van der Waals surface area contributed by atoms with E-state index in [-0.39, 0.29) is 17.9 Å². The normalized spacial score (nSPS) is 26.3. The summed E-state index contributed by atoms with van der Waals surface area (Å²) < 4.78 is 0. The van der Waals surface area contributed by atoms with Crippen molar-refractivity contribution >= 4 is 5.91 Å². The van der Waals surface area contributed by atoms with Crippen LogP contribution >= 0.6 is 0 Å². The maximum Gasteiger partial charge on any atom is 0.272 e. The minimum Gasteiger partial charge on any atom is -0.335 e. The van der Waals surface area contributed by atoms with Crippen LogP contribution in [0.15, 0.2) is 12.3 Å². The molecule has 0 bridgehead atoms. The Balaban J connectivity index is 1.74. The van der Waals surface area contributed by atoms with Crippen molar-refractivity contribution in [2.24, 2.45) is 17.6 Å². The fourth-order valence-corrected chi connectivity index (χ4v) is 2.98. The smallest absolute Gasteiger partial charge is 0.272 e. The second-order valence-corrected chi connectivity index (χ2v) is 6.33. The van der Waals surface area contributed by atoms with Gasteiger partial charge in [-0.05, 0) is 30.7 Å². The van der Waals surface area contributed by atoms with Crippen LogP contribution in [-0.4, -0.2) is 39.9 Å². The molecule has 5 nitrogen and oxygen atoms in total. The van der Waals surface area contributed by atoms with E-state index in [1.165, 1.54) is 12.8 Å². The van der Waals surface area contributed by atoms with Crippen LogP contribution in [0.2, 0.25) is 0 Å². The molecule has 108 valence electrons. The third-order valence-electron chi connectivity index (χ3n) is 4.34. The van der Waals surface area contributed by atoms with Crippen LogP contribution in [0, 0.1) is 11.8 Å². The Bertz CT molecular complexity index is 512. The zero-order valence-corrected chi connectivity index (χ0v) is 12.1. The van der Waals surface area contributed by atoms with Gasteiger partial charge in [0.25, 0.3) is 5.91 Å². The lowest BCUT2D eigenvalue weighted by Crippen LogP contribution is -2.33. The zero-order chi connectivity index (χ0) is 14.3. The van der Waals surface area contributed by atoms with E-state index < -0.39 is 0 Å². The molecule has 1 aromatic heterocycles. The molecule has 0 radical (unpaired) electrons. The first-order valence-corrected chi connectivity index (χ1v) is 7.44. The predicted molar refractivity (Wildman–Crippen MR) is 76.2 cm³/mol. The molecule has 2 N–H and O–H groups in total. The maximum atomic E-state index is 12.5. The van der Waals surface area contributed by atoms with E-state index in [9.17, 15) is 4.79 Å². The fourth-order valence-electron chi connectivity index (χ4n) is 2.98. The molecule has 1 aromatic rings. The minimum absolute atomic E-state index is 0.00657. The highest BCUT2D eigenvalue weighted by Gasteiger charge is 2.42. The van der Waals surface area contributed by atoms with Gasteiger partial charge in [0.05, 0.1) is 0 Å². The molecular formula is C15H22N4O. The van der Waals surface area contributed by atoms with Gasteiger partial charge in [0.1, 0.15) is 11.5 Å². The largest absolute Gasteiger partial charge is 0.335 e. The van der Waals surface area contributed by atoms with Gasteiger partial charge < -0.3 is 10.6 Å². The molecule has 1 aliphatic carbocycles. The van der Waals surface area contributed by atoms with Crippen LogP contribution in [0.25, 0.3) is 0 Å². The molecule has 3 rings (SSSR count). The third-order valence-corrected chi connectivity index (χ3v) is 4.34. The number of amides is 1. The number of carbonyl (C=O) groups is 1. The molecule has 2 aliphatic rings. The lowest BCUT2D eigenvalue weighted by Gasteiger charge is -2.16. The second kappa shape index (κ2) is 5.13. The third kappa shape index (κ3) is 2.54. The summed E-state index contributed by atoms with van der Waals surface area (Å²) in [6.45, 7) is 5.49. The van der Waals surface area contributed by atoms with Crippen LogP contribution in [0.5, 0.6) is 0 Å². The molecule has 2 heterocycles. The van der Waals surface area contributed by atoms with Crippen LogP contribution < -0.4 is 5.73 Å². The molecular weight excluding hydrogens is 252 g/mol. The Kier molecular flexibility index (Phi) is 3.46. The van der Waals surface area contributed by atoms with Crippen molar-refractivity contribution in [3.05, 3.63) is 23.8 Å². The Morgan fingerprint density at radius 3 is 2.80 bits per heavy atom.